The fourth-order valence-electron chi connectivity index (χ4n) is 5.00. The highest BCUT2D eigenvalue weighted by atomic mass is 35.5. The number of alkyl halides is 2. The largest absolute Gasteiger partial charge is 0.387 e. The maximum Gasteiger partial charge on any atom is 0.276 e. The summed E-state index contributed by atoms with van der Waals surface area (Å²) in [5.74, 6) is -1.23. The molecule has 15 heteroatoms. The van der Waals surface area contributed by atoms with Gasteiger partial charge >= 0.3 is 0 Å². The van der Waals surface area contributed by atoms with Crippen molar-refractivity contribution in [1.29, 1.82) is 0 Å². The summed E-state index contributed by atoms with van der Waals surface area (Å²) in [6.45, 7) is 7.60. The molecule has 1 aliphatic rings. The fourth-order valence-corrected chi connectivity index (χ4v) is 5.16. The minimum Gasteiger partial charge on any atom is -0.387 e. The Morgan fingerprint density at radius 3 is 2.59 bits per heavy atom. The Kier molecular flexibility index (Phi) is 8.66. The Labute approximate surface area is 255 Å². The van der Waals surface area contributed by atoms with Crippen LogP contribution in [0.2, 0.25) is 5.02 Å². The molecule has 2 amide bonds. The number of rotatable bonds is 8. The van der Waals surface area contributed by atoms with E-state index in [0.717, 1.165) is 23.9 Å². The van der Waals surface area contributed by atoms with Crippen LogP contribution in [0.4, 0.5) is 24.7 Å². The number of aliphatic hydroxyl groups is 1. The molecule has 11 nitrogen and oxygen atoms in total. The van der Waals surface area contributed by atoms with Crippen molar-refractivity contribution in [2.75, 3.05) is 16.8 Å². The maximum absolute atomic E-state index is 14.9. The van der Waals surface area contributed by atoms with Crippen LogP contribution in [0.5, 0.6) is 0 Å². The Bertz CT molecular complexity index is 1750. The molecule has 3 atom stereocenters. The van der Waals surface area contributed by atoms with Gasteiger partial charge in [-0.15, -0.1) is 5.10 Å². The second kappa shape index (κ2) is 12.3. The Morgan fingerprint density at radius 1 is 1.20 bits per heavy atom. The summed E-state index contributed by atoms with van der Waals surface area (Å²) in [4.78, 5) is 35.4. The first-order chi connectivity index (χ1) is 20.8. The lowest BCUT2D eigenvalue weighted by molar-refractivity contribution is -0.117. The number of amides is 2. The van der Waals surface area contributed by atoms with Crippen molar-refractivity contribution in [3.63, 3.8) is 0 Å². The highest BCUT2D eigenvalue weighted by Crippen LogP contribution is 2.36. The average Bonchev–Trinajstić information content (AvgIpc) is 3.58. The van der Waals surface area contributed by atoms with Crippen LogP contribution in [-0.2, 0) is 4.79 Å². The summed E-state index contributed by atoms with van der Waals surface area (Å²) in [6, 6.07) is 3.38. The van der Waals surface area contributed by atoms with Gasteiger partial charge in [-0.25, -0.2) is 18.2 Å². The third-order valence-electron chi connectivity index (χ3n) is 7.27. The molecule has 5 rings (SSSR count). The predicted molar refractivity (Wildman–Crippen MR) is 155 cm³/mol. The van der Waals surface area contributed by atoms with Gasteiger partial charge in [0.25, 0.3) is 12.3 Å². The van der Waals surface area contributed by atoms with Gasteiger partial charge in [0.15, 0.2) is 17.3 Å². The van der Waals surface area contributed by atoms with E-state index in [1.165, 1.54) is 24.0 Å². The molecule has 1 saturated heterocycles. The smallest absolute Gasteiger partial charge is 0.276 e. The third kappa shape index (κ3) is 5.99. The molecule has 3 aromatic heterocycles. The standard InChI is InChI=1S/C29H28ClF3N8O3/c1-13-7-22(43)40(11-13)28-14(2)8-20(38-39-28)15(3)41-12-17(9-35-41)36-29(44)26-25(16(4)42)34-10-21(37-26)23-18(27(32)33)5-6-19(30)24(23)31/h5-6,8-10,12-13,15-16,27,42H,7,11H2,1-4H3,(H,36,44)/t13-,15?,16?/m0/s1. The normalized spacial score (nSPS) is 16.5. The number of nitrogens with one attached hydrogen (secondary N) is 1. The van der Waals surface area contributed by atoms with Gasteiger partial charge in [0.05, 0.1) is 52.3 Å². The summed E-state index contributed by atoms with van der Waals surface area (Å²) >= 11 is 5.84. The van der Waals surface area contributed by atoms with E-state index in [0.29, 0.717) is 24.5 Å². The van der Waals surface area contributed by atoms with Crippen molar-refractivity contribution in [2.24, 2.45) is 5.92 Å². The molecule has 1 aliphatic heterocycles. The summed E-state index contributed by atoms with van der Waals surface area (Å²) < 4.78 is 43.8. The number of carbonyl (C=O) groups is 2. The molecule has 0 saturated carbocycles. The quantitative estimate of drug-likeness (QED) is 0.262. The van der Waals surface area contributed by atoms with Crippen molar-refractivity contribution in [1.82, 2.24) is 29.9 Å². The Hall–Kier alpha value is -4.43. The minimum absolute atomic E-state index is 0.00398. The highest BCUT2D eigenvalue weighted by Gasteiger charge is 2.30. The molecule has 0 aliphatic carbocycles. The zero-order valence-electron chi connectivity index (χ0n) is 24.1. The molecule has 2 unspecified atom stereocenters. The second-order valence-corrected chi connectivity index (χ2v) is 11.1. The number of halogens is 4. The number of aryl methyl sites for hydroxylation is 1. The van der Waals surface area contributed by atoms with Gasteiger partial charge in [-0.05, 0) is 44.4 Å². The molecular weight excluding hydrogens is 601 g/mol. The van der Waals surface area contributed by atoms with E-state index in [9.17, 15) is 27.9 Å². The number of benzene rings is 1. The molecule has 4 heterocycles. The summed E-state index contributed by atoms with van der Waals surface area (Å²) in [7, 11) is 0. The number of carbonyl (C=O) groups excluding carboxylic acids is 2. The van der Waals surface area contributed by atoms with E-state index >= 15 is 0 Å². The minimum atomic E-state index is -3.06. The van der Waals surface area contributed by atoms with Crippen LogP contribution in [0.15, 0.2) is 36.8 Å². The second-order valence-electron chi connectivity index (χ2n) is 10.7. The number of hydrogen-bond acceptors (Lipinski definition) is 8. The SMILES string of the molecule is Cc1cc(C(C)n2cc(NC(=O)c3nc(-c4c(C(F)F)ccc(Cl)c4F)cnc3C(C)O)cn2)nnc1N1C[C@@H](C)CC1=O. The Balaban J connectivity index is 1.40. The zero-order valence-corrected chi connectivity index (χ0v) is 24.8. The van der Waals surface area contributed by atoms with Crippen LogP contribution >= 0.6 is 11.6 Å². The number of nitrogens with zero attached hydrogens (tertiary/aromatic N) is 7. The van der Waals surface area contributed by atoms with Crippen molar-refractivity contribution in [2.45, 2.75) is 52.7 Å². The lowest BCUT2D eigenvalue weighted by Gasteiger charge is -2.18. The molecule has 1 aromatic carbocycles. The maximum atomic E-state index is 14.9. The predicted octanol–water partition coefficient (Wildman–Crippen LogP) is 5.46. The molecule has 44 heavy (non-hydrogen) atoms. The summed E-state index contributed by atoms with van der Waals surface area (Å²) in [6.07, 6.45) is 0.0404. The molecule has 0 radical (unpaired) electrons. The first kappa shape index (κ1) is 31.0. The number of aromatic nitrogens is 6. The average molecular weight is 629 g/mol. The van der Waals surface area contributed by atoms with E-state index in [4.69, 9.17) is 11.6 Å². The van der Waals surface area contributed by atoms with Crippen LogP contribution < -0.4 is 10.2 Å². The van der Waals surface area contributed by atoms with Gasteiger partial charge in [-0.1, -0.05) is 24.6 Å². The topological polar surface area (TPSA) is 139 Å². The van der Waals surface area contributed by atoms with Gasteiger partial charge in [0.1, 0.15) is 0 Å². The van der Waals surface area contributed by atoms with Crippen molar-refractivity contribution < 1.29 is 27.9 Å². The van der Waals surface area contributed by atoms with Gasteiger partial charge in [0, 0.05) is 30.3 Å². The first-order valence-corrected chi connectivity index (χ1v) is 14.0. The van der Waals surface area contributed by atoms with Crippen LogP contribution in [-0.4, -0.2) is 53.4 Å². The van der Waals surface area contributed by atoms with Crippen LogP contribution in [0.1, 0.15) is 78.8 Å². The van der Waals surface area contributed by atoms with Crippen LogP contribution in [0.3, 0.4) is 0 Å². The van der Waals surface area contributed by atoms with Gasteiger partial charge in [-0.2, -0.15) is 10.2 Å². The number of aliphatic hydroxyl groups excluding tert-OH is 1. The Morgan fingerprint density at radius 2 is 1.95 bits per heavy atom. The van der Waals surface area contributed by atoms with Crippen molar-refractivity contribution in [3.8, 4) is 11.3 Å². The van der Waals surface area contributed by atoms with Crippen LogP contribution in [0.25, 0.3) is 11.3 Å². The summed E-state index contributed by atoms with van der Waals surface area (Å²) in [5, 5.41) is 25.3. The van der Waals surface area contributed by atoms with Gasteiger partial charge in [0.2, 0.25) is 5.91 Å². The molecule has 0 bridgehead atoms. The van der Waals surface area contributed by atoms with E-state index in [1.807, 2.05) is 26.8 Å². The highest BCUT2D eigenvalue weighted by molar-refractivity contribution is 6.31. The summed E-state index contributed by atoms with van der Waals surface area (Å²) in [5.41, 5.74) is -0.599. The molecule has 0 spiro atoms. The monoisotopic (exact) mass is 628 g/mol. The molecule has 2 N–H and O–H groups in total. The molecule has 230 valence electrons. The zero-order chi connectivity index (χ0) is 31.9. The van der Waals surface area contributed by atoms with E-state index in [1.54, 1.807) is 4.90 Å². The lowest BCUT2D eigenvalue weighted by atomic mass is 10.0. The molecular formula is C29H28ClF3N8O3. The van der Waals surface area contributed by atoms with Gasteiger partial charge in [-0.3, -0.25) is 24.2 Å². The van der Waals surface area contributed by atoms with E-state index in [-0.39, 0.29) is 28.9 Å². The van der Waals surface area contributed by atoms with E-state index < -0.39 is 52.1 Å². The number of hydrogen-bond donors (Lipinski definition) is 2. The van der Waals surface area contributed by atoms with E-state index in [2.05, 4.69) is 30.6 Å². The van der Waals surface area contributed by atoms with Crippen molar-refractivity contribution in [3.05, 3.63) is 75.8 Å². The van der Waals surface area contributed by atoms with Gasteiger partial charge < -0.3 is 10.4 Å². The first-order valence-electron chi connectivity index (χ1n) is 13.7. The van der Waals surface area contributed by atoms with Crippen LogP contribution in [0, 0.1) is 18.7 Å². The fraction of sp³-hybridized carbons (Fsp3) is 0.345. The number of anilines is 2. The lowest BCUT2D eigenvalue weighted by Crippen LogP contribution is -2.27. The van der Waals surface area contributed by atoms with Crippen molar-refractivity contribution >= 4 is 34.9 Å². The molecule has 1 fully saturated rings. The molecule has 4 aromatic rings. The third-order valence-corrected chi connectivity index (χ3v) is 7.56.